The van der Waals surface area contributed by atoms with Crippen LogP contribution in [-0.4, -0.2) is 73.6 Å². The van der Waals surface area contributed by atoms with E-state index >= 15 is 0 Å². The fraction of sp³-hybridized carbons (Fsp3) is 0.333. The Bertz CT molecular complexity index is 1360. The van der Waals surface area contributed by atoms with Gasteiger partial charge in [-0.1, -0.05) is 5.92 Å². The minimum absolute atomic E-state index is 0.250. The number of methoxy groups -OCH3 is 1. The van der Waals surface area contributed by atoms with E-state index in [0.29, 0.717) is 31.9 Å². The Morgan fingerprint density at radius 3 is 2.49 bits per heavy atom. The van der Waals surface area contributed by atoms with E-state index in [1.807, 2.05) is 55.5 Å². The summed E-state index contributed by atoms with van der Waals surface area (Å²) in [5.41, 5.74) is 4.54. The van der Waals surface area contributed by atoms with Gasteiger partial charge < -0.3 is 19.3 Å². The molecule has 9 nitrogen and oxygen atoms in total. The number of pyridine rings is 1. The highest BCUT2D eigenvalue weighted by Crippen LogP contribution is 2.23. The number of nitrogens with zero attached hydrogens (tertiary/aromatic N) is 4. The lowest BCUT2D eigenvalue weighted by molar-refractivity contribution is -0.139. The fourth-order valence-corrected chi connectivity index (χ4v) is 5.18. The molecule has 1 N–H and O–H groups in total. The zero-order valence-electron chi connectivity index (χ0n) is 21.0. The number of rotatable bonds is 7. The second-order valence-corrected chi connectivity index (χ2v) is 9.72. The monoisotopic (exact) mass is 521 g/mol. The van der Waals surface area contributed by atoms with Gasteiger partial charge in [-0.2, -0.15) is 4.41 Å². The zero-order chi connectivity index (χ0) is 26.5. The molecule has 0 radical (unpaired) electrons. The number of carboxylic acids is 1. The lowest BCUT2D eigenvalue weighted by Gasteiger charge is -2.44. The lowest BCUT2D eigenvalue weighted by Crippen LogP contribution is -2.57. The third-order valence-corrected chi connectivity index (χ3v) is 7.22. The summed E-state index contributed by atoms with van der Waals surface area (Å²) in [6.45, 7) is 5.80. The van der Waals surface area contributed by atoms with Crippen LogP contribution in [0, 0.1) is 18.8 Å². The summed E-state index contributed by atoms with van der Waals surface area (Å²) in [5, 5.41) is 11.8. The van der Waals surface area contributed by atoms with Gasteiger partial charge in [0, 0.05) is 60.1 Å². The van der Waals surface area contributed by atoms with Crippen LogP contribution < -0.4 is 9.64 Å². The number of aliphatic carboxylic acids is 1. The van der Waals surface area contributed by atoms with Gasteiger partial charge in [0.15, 0.2) is 0 Å². The van der Waals surface area contributed by atoms with Gasteiger partial charge in [-0.05, 0) is 73.9 Å². The molecule has 1 aliphatic heterocycles. The van der Waals surface area contributed by atoms with Gasteiger partial charge in [-0.25, -0.2) is 9.99 Å². The van der Waals surface area contributed by atoms with E-state index in [4.69, 9.17) is 9.84 Å². The molecule has 1 aromatic heterocycles. The van der Waals surface area contributed by atoms with Crippen molar-refractivity contribution < 1.29 is 23.4 Å². The highest BCUT2D eigenvalue weighted by Gasteiger charge is 2.28. The maximum absolute atomic E-state index is 11.7. The second kappa shape index (κ2) is 11.7. The van der Waals surface area contributed by atoms with Crippen molar-refractivity contribution in [1.29, 1.82) is 0 Å². The number of hydrogen-bond donors (Lipinski definition) is 1. The van der Waals surface area contributed by atoms with E-state index in [-0.39, 0.29) is 6.42 Å². The van der Waals surface area contributed by atoms with Crippen LogP contribution in [0.2, 0.25) is 0 Å². The molecule has 37 heavy (non-hydrogen) atoms. The van der Waals surface area contributed by atoms with Gasteiger partial charge >= 0.3 is 5.97 Å². The predicted octanol–water partition coefficient (Wildman–Crippen LogP) is 2.95. The molecule has 4 rings (SSSR count). The third-order valence-electron chi connectivity index (χ3n) is 6.32. The molecule has 0 amide bonds. The average molecular weight is 522 g/mol. The van der Waals surface area contributed by atoms with E-state index in [0.717, 1.165) is 37.9 Å². The normalized spacial score (nSPS) is 15.8. The van der Waals surface area contributed by atoms with Crippen LogP contribution in [0.1, 0.15) is 30.2 Å². The Hall–Kier alpha value is -3.49. The maximum Gasteiger partial charge on any atom is 0.305 e. The fourth-order valence-electron chi connectivity index (χ4n) is 4.46. The van der Waals surface area contributed by atoms with Gasteiger partial charge in [-0.15, -0.1) is 0 Å². The van der Waals surface area contributed by atoms with Gasteiger partial charge in [0.25, 0.3) is 0 Å². The van der Waals surface area contributed by atoms with Crippen LogP contribution in [-0.2, 0) is 16.1 Å². The van der Waals surface area contributed by atoms with Crippen molar-refractivity contribution in [2.45, 2.75) is 26.3 Å². The molecule has 1 aliphatic rings. The Morgan fingerprint density at radius 2 is 1.86 bits per heavy atom. The Balaban J connectivity index is 1.41. The van der Waals surface area contributed by atoms with Crippen molar-refractivity contribution in [3.05, 3.63) is 65.4 Å². The number of aryl methyl sites for hydroxylation is 1. The molecule has 1 fully saturated rings. The number of ether oxygens (including phenoxy) is 1. The van der Waals surface area contributed by atoms with Crippen molar-refractivity contribution in [3.63, 3.8) is 0 Å². The van der Waals surface area contributed by atoms with Crippen LogP contribution in [0.5, 0.6) is 5.75 Å². The minimum atomic E-state index is -2.53. The number of anilines is 1. The second-order valence-electron chi connectivity index (χ2n) is 8.91. The van der Waals surface area contributed by atoms with Crippen molar-refractivity contribution in [3.8, 4) is 17.6 Å². The Kier molecular flexibility index (Phi) is 8.41. The first-order valence-corrected chi connectivity index (χ1v) is 13.0. The number of piperazine rings is 1. The molecule has 10 heteroatoms. The largest absolute Gasteiger partial charge is 0.759 e. The number of carbonyl (C=O) groups is 1. The molecule has 1 saturated heterocycles. The van der Waals surface area contributed by atoms with E-state index in [1.165, 1.54) is 0 Å². The molecule has 2 heterocycles. The predicted molar refractivity (Wildman–Crippen MR) is 142 cm³/mol. The molecule has 2 aromatic carbocycles. The summed E-state index contributed by atoms with van der Waals surface area (Å²) in [4.78, 5) is 17.9. The first-order valence-electron chi connectivity index (χ1n) is 11.9. The highest BCUT2D eigenvalue weighted by atomic mass is 32.2. The number of hydrazine groups is 1. The molecule has 0 aliphatic carbocycles. The van der Waals surface area contributed by atoms with E-state index < -0.39 is 23.3 Å². The van der Waals surface area contributed by atoms with E-state index in [1.54, 1.807) is 19.0 Å². The van der Waals surface area contributed by atoms with Crippen LogP contribution in [0.25, 0.3) is 10.9 Å². The molecule has 0 bridgehead atoms. The van der Waals surface area contributed by atoms with Crippen LogP contribution in [0.3, 0.4) is 0 Å². The Labute approximate surface area is 219 Å². The summed E-state index contributed by atoms with van der Waals surface area (Å²) in [7, 11) is 1.65. The summed E-state index contributed by atoms with van der Waals surface area (Å²) < 4.78 is 29.9. The SMILES string of the molecule is COc1ccc2nc(C#Cc3ccc(N4CCN(N(C(C)CC(=O)O)S(=O)[O-])CC4)cc3)cc(C)c2c1. The number of hydrogen-bond acceptors (Lipinski definition) is 7. The molecule has 2 unspecified atom stereocenters. The summed E-state index contributed by atoms with van der Waals surface area (Å²) in [6.07, 6.45) is -0.250. The molecular formula is C27H29N4O5S-. The molecule has 0 spiro atoms. The number of fused-ring (bicyclic) bond motifs is 1. The van der Waals surface area contributed by atoms with Gasteiger partial charge in [0.05, 0.1) is 19.0 Å². The standard InChI is InChI=1S/C27H30N4O5S/c1-19-16-22(28-26-11-10-24(36-3)18-25(19)26)7-4-21-5-8-23(9-6-21)29-12-14-30(15-13-29)31(37(34)35)20(2)17-27(32)33/h5-6,8-11,16,18,20H,12-15,17H2,1-3H3,(H,32,33)(H,34,35)/p-1. The molecular weight excluding hydrogens is 492 g/mol. The van der Waals surface area contributed by atoms with Gasteiger partial charge in [0.1, 0.15) is 11.4 Å². The topological polar surface area (TPSA) is 109 Å². The maximum atomic E-state index is 11.7. The molecule has 3 aromatic rings. The van der Waals surface area contributed by atoms with E-state index in [9.17, 15) is 13.6 Å². The summed E-state index contributed by atoms with van der Waals surface area (Å²) in [5.74, 6) is 6.10. The van der Waals surface area contributed by atoms with Crippen molar-refractivity contribution in [1.82, 2.24) is 14.4 Å². The molecule has 194 valence electrons. The van der Waals surface area contributed by atoms with Crippen molar-refractivity contribution in [2.24, 2.45) is 0 Å². The minimum Gasteiger partial charge on any atom is -0.759 e. The highest BCUT2D eigenvalue weighted by molar-refractivity contribution is 7.76. The Morgan fingerprint density at radius 1 is 1.16 bits per heavy atom. The van der Waals surface area contributed by atoms with Crippen LogP contribution in [0.4, 0.5) is 5.69 Å². The summed E-state index contributed by atoms with van der Waals surface area (Å²) in [6, 6.07) is 15.0. The van der Waals surface area contributed by atoms with Crippen LogP contribution in [0.15, 0.2) is 48.5 Å². The summed E-state index contributed by atoms with van der Waals surface area (Å²) >= 11 is -2.53. The van der Waals surface area contributed by atoms with Crippen LogP contribution >= 0.6 is 0 Å². The van der Waals surface area contributed by atoms with Crippen molar-refractivity contribution >= 4 is 33.8 Å². The number of carboxylic acid groups (broad SMARTS) is 1. The smallest absolute Gasteiger partial charge is 0.305 e. The van der Waals surface area contributed by atoms with E-state index in [2.05, 4.69) is 21.7 Å². The lowest BCUT2D eigenvalue weighted by atomic mass is 10.1. The number of benzene rings is 2. The number of aromatic nitrogens is 1. The molecule has 0 saturated carbocycles. The first kappa shape index (κ1) is 26.6. The quantitative estimate of drug-likeness (QED) is 0.373. The third kappa shape index (κ3) is 6.45. The average Bonchev–Trinajstić information content (AvgIpc) is 2.87. The molecule has 2 atom stereocenters. The zero-order valence-corrected chi connectivity index (χ0v) is 21.8. The first-order chi connectivity index (χ1) is 17.7. The van der Waals surface area contributed by atoms with Gasteiger partial charge in [0.2, 0.25) is 0 Å². The van der Waals surface area contributed by atoms with Gasteiger partial charge in [-0.3, -0.25) is 9.00 Å². The van der Waals surface area contributed by atoms with Crippen molar-refractivity contribution in [2.75, 3.05) is 38.2 Å².